The molecular formula is C14H20N. The van der Waals surface area contributed by atoms with E-state index in [1.807, 2.05) is 0 Å². The second kappa shape index (κ2) is 4.69. The lowest BCUT2D eigenvalue weighted by Crippen LogP contribution is -2.17. The SMILES string of the molecule is C[C](C)Cc1cccc(N2CCCC2)c1. The summed E-state index contributed by atoms with van der Waals surface area (Å²) < 4.78 is 0. The zero-order valence-corrected chi connectivity index (χ0v) is 9.79. The maximum absolute atomic E-state index is 2.49. The number of anilines is 1. The van der Waals surface area contributed by atoms with Gasteiger partial charge in [0.05, 0.1) is 0 Å². The summed E-state index contributed by atoms with van der Waals surface area (Å²) in [6.07, 6.45) is 3.81. The minimum absolute atomic E-state index is 1.11. The van der Waals surface area contributed by atoms with Crippen molar-refractivity contribution in [2.24, 2.45) is 0 Å². The molecule has 0 unspecified atom stereocenters. The quantitative estimate of drug-likeness (QED) is 0.725. The van der Waals surface area contributed by atoms with E-state index in [0.29, 0.717) is 0 Å². The molecule has 0 spiro atoms. The Kier molecular flexibility index (Phi) is 3.30. The van der Waals surface area contributed by atoms with E-state index >= 15 is 0 Å². The van der Waals surface area contributed by atoms with Crippen molar-refractivity contribution >= 4 is 5.69 Å². The molecule has 0 aliphatic carbocycles. The maximum Gasteiger partial charge on any atom is 0.0368 e. The summed E-state index contributed by atoms with van der Waals surface area (Å²) in [7, 11) is 0. The smallest absolute Gasteiger partial charge is 0.0368 e. The highest BCUT2D eigenvalue weighted by Crippen LogP contribution is 2.22. The first-order valence-corrected chi connectivity index (χ1v) is 5.88. The molecule has 1 heteroatoms. The van der Waals surface area contributed by atoms with Gasteiger partial charge in [-0.15, -0.1) is 0 Å². The lowest BCUT2D eigenvalue weighted by molar-refractivity contribution is 0.940. The largest absolute Gasteiger partial charge is 0.372 e. The van der Waals surface area contributed by atoms with Crippen LogP contribution in [0.15, 0.2) is 24.3 Å². The standard InChI is InChI=1S/C14H20N/c1-12(2)10-13-6-5-7-14(11-13)15-8-3-4-9-15/h5-7,11H,3-4,8-10H2,1-2H3. The molecule has 1 aliphatic rings. The van der Waals surface area contributed by atoms with Crippen molar-refractivity contribution in [1.82, 2.24) is 0 Å². The summed E-state index contributed by atoms with van der Waals surface area (Å²) >= 11 is 0. The van der Waals surface area contributed by atoms with Crippen molar-refractivity contribution in [3.05, 3.63) is 35.7 Å². The van der Waals surface area contributed by atoms with Gasteiger partial charge in [0.15, 0.2) is 0 Å². The second-order valence-electron chi connectivity index (χ2n) is 4.75. The molecule has 0 bridgehead atoms. The summed E-state index contributed by atoms with van der Waals surface area (Å²) in [5, 5.41) is 0. The van der Waals surface area contributed by atoms with Crippen LogP contribution >= 0.6 is 0 Å². The first-order chi connectivity index (χ1) is 7.25. The van der Waals surface area contributed by atoms with Crippen molar-refractivity contribution in [2.75, 3.05) is 18.0 Å². The second-order valence-corrected chi connectivity index (χ2v) is 4.75. The Hall–Kier alpha value is -0.980. The lowest BCUT2D eigenvalue weighted by atomic mass is 10.0. The Labute approximate surface area is 93.1 Å². The minimum atomic E-state index is 1.11. The molecule has 0 amide bonds. The Morgan fingerprint density at radius 1 is 1.20 bits per heavy atom. The Morgan fingerprint density at radius 3 is 2.60 bits per heavy atom. The molecule has 1 aromatic carbocycles. The average molecular weight is 202 g/mol. The molecule has 1 saturated heterocycles. The molecule has 0 saturated carbocycles. The Bertz CT molecular complexity index is 311. The molecule has 0 N–H and O–H groups in total. The highest BCUT2D eigenvalue weighted by molar-refractivity contribution is 5.49. The maximum atomic E-state index is 2.49. The molecule has 1 aromatic rings. The van der Waals surface area contributed by atoms with E-state index < -0.39 is 0 Å². The van der Waals surface area contributed by atoms with Gasteiger partial charge in [0.2, 0.25) is 0 Å². The minimum Gasteiger partial charge on any atom is -0.372 e. The van der Waals surface area contributed by atoms with Gasteiger partial charge in [-0.05, 0) is 42.9 Å². The number of hydrogen-bond acceptors (Lipinski definition) is 1. The third kappa shape index (κ3) is 2.74. The van der Waals surface area contributed by atoms with Crippen LogP contribution in [0.4, 0.5) is 5.69 Å². The van der Waals surface area contributed by atoms with E-state index in [2.05, 4.69) is 43.0 Å². The molecule has 1 radical (unpaired) electrons. The van der Waals surface area contributed by atoms with Gasteiger partial charge in [-0.3, -0.25) is 0 Å². The van der Waals surface area contributed by atoms with Crippen LogP contribution in [-0.4, -0.2) is 13.1 Å². The van der Waals surface area contributed by atoms with Crippen LogP contribution < -0.4 is 4.90 Å². The number of rotatable bonds is 3. The Balaban J connectivity index is 2.11. The highest BCUT2D eigenvalue weighted by Gasteiger charge is 2.12. The van der Waals surface area contributed by atoms with E-state index in [0.717, 1.165) is 6.42 Å². The topological polar surface area (TPSA) is 3.24 Å². The summed E-state index contributed by atoms with van der Waals surface area (Å²) in [6, 6.07) is 9.00. The molecule has 1 nitrogen and oxygen atoms in total. The van der Waals surface area contributed by atoms with Crippen LogP contribution in [0.5, 0.6) is 0 Å². The van der Waals surface area contributed by atoms with Gasteiger partial charge in [-0.2, -0.15) is 0 Å². The predicted octanol–water partition coefficient (Wildman–Crippen LogP) is 3.44. The monoisotopic (exact) mass is 202 g/mol. The van der Waals surface area contributed by atoms with Gasteiger partial charge in [-0.25, -0.2) is 0 Å². The van der Waals surface area contributed by atoms with Crippen molar-refractivity contribution in [1.29, 1.82) is 0 Å². The summed E-state index contributed by atoms with van der Waals surface area (Å²) in [4.78, 5) is 2.49. The lowest BCUT2D eigenvalue weighted by Gasteiger charge is -2.18. The van der Waals surface area contributed by atoms with Crippen molar-refractivity contribution in [3.8, 4) is 0 Å². The molecule has 0 atom stereocenters. The van der Waals surface area contributed by atoms with Crippen LogP contribution in [0.25, 0.3) is 0 Å². The van der Waals surface area contributed by atoms with Crippen LogP contribution in [0.1, 0.15) is 32.3 Å². The Morgan fingerprint density at radius 2 is 1.93 bits per heavy atom. The number of nitrogens with zero attached hydrogens (tertiary/aromatic N) is 1. The summed E-state index contributed by atoms with van der Waals surface area (Å²) in [6.45, 7) is 6.86. The van der Waals surface area contributed by atoms with E-state index in [1.54, 1.807) is 0 Å². The van der Waals surface area contributed by atoms with Crippen LogP contribution in [0, 0.1) is 5.92 Å². The zero-order valence-electron chi connectivity index (χ0n) is 9.79. The molecular weight excluding hydrogens is 182 g/mol. The third-order valence-corrected chi connectivity index (χ3v) is 2.94. The van der Waals surface area contributed by atoms with Crippen molar-refractivity contribution in [2.45, 2.75) is 33.1 Å². The molecule has 0 aromatic heterocycles. The zero-order chi connectivity index (χ0) is 10.7. The average Bonchev–Trinajstić information content (AvgIpc) is 2.69. The van der Waals surface area contributed by atoms with Gasteiger partial charge in [-0.1, -0.05) is 26.0 Å². The predicted molar refractivity (Wildman–Crippen MR) is 66.2 cm³/mol. The van der Waals surface area contributed by atoms with Gasteiger partial charge < -0.3 is 4.90 Å². The fourth-order valence-corrected chi connectivity index (χ4v) is 2.25. The van der Waals surface area contributed by atoms with Crippen LogP contribution in [0.2, 0.25) is 0 Å². The number of benzene rings is 1. The highest BCUT2D eigenvalue weighted by atomic mass is 15.1. The van der Waals surface area contributed by atoms with Gasteiger partial charge in [0, 0.05) is 18.8 Å². The van der Waals surface area contributed by atoms with Crippen LogP contribution in [0.3, 0.4) is 0 Å². The molecule has 2 rings (SSSR count). The summed E-state index contributed by atoms with van der Waals surface area (Å²) in [5.74, 6) is 1.48. The van der Waals surface area contributed by atoms with E-state index in [1.165, 1.54) is 43.1 Å². The van der Waals surface area contributed by atoms with Crippen molar-refractivity contribution < 1.29 is 0 Å². The number of hydrogen-bond donors (Lipinski definition) is 0. The molecule has 1 heterocycles. The first-order valence-electron chi connectivity index (χ1n) is 5.88. The third-order valence-electron chi connectivity index (χ3n) is 2.94. The molecule has 15 heavy (non-hydrogen) atoms. The van der Waals surface area contributed by atoms with E-state index in [9.17, 15) is 0 Å². The molecule has 81 valence electrons. The fourth-order valence-electron chi connectivity index (χ4n) is 2.25. The van der Waals surface area contributed by atoms with Gasteiger partial charge in [0.25, 0.3) is 0 Å². The van der Waals surface area contributed by atoms with E-state index in [4.69, 9.17) is 0 Å². The van der Waals surface area contributed by atoms with E-state index in [-0.39, 0.29) is 0 Å². The van der Waals surface area contributed by atoms with Gasteiger partial charge >= 0.3 is 0 Å². The normalized spacial score (nSPS) is 16.3. The first kappa shape index (κ1) is 10.5. The van der Waals surface area contributed by atoms with Gasteiger partial charge in [0.1, 0.15) is 0 Å². The summed E-state index contributed by atoms with van der Waals surface area (Å²) in [5.41, 5.74) is 2.85. The van der Waals surface area contributed by atoms with Crippen molar-refractivity contribution in [3.63, 3.8) is 0 Å². The molecule has 1 fully saturated rings. The molecule has 1 aliphatic heterocycles. The van der Waals surface area contributed by atoms with Crippen LogP contribution in [-0.2, 0) is 6.42 Å². The fraction of sp³-hybridized carbons (Fsp3) is 0.500.